The molecule has 0 amide bonds. The number of nitrogens with two attached hydrogens (primary N) is 1. The molecule has 2 rings (SSSR count). The van der Waals surface area contributed by atoms with E-state index in [1.165, 1.54) is 17.1 Å². The summed E-state index contributed by atoms with van der Waals surface area (Å²) < 4.78 is 29.3. The summed E-state index contributed by atoms with van der Waals surface area (Å²) in [6, 6.07) is 2.66. The Morgan fingerprint density at radius 2 is 2.20 bits per heavy atom. The lowest BCUT2D eigenvalue weighted by Crippen LogP contribution is -2.34. The first-order valence-electron chi connectivity index (χ1n) is 5.41. The minimum absolute atomic E-state index is 0.0156. The Balaban J connectivity index is 0.000000200. The third-order valence-corrected chi connectivity index (χ3v) is 4.74. The molecular formula is C10H15ClN4O3S2. The van der Waals surface area contributed by atoms with Gasteiger partial charge in [-0.05, 0) is 12.1 Å². The Hall–Kier alpha value is -1.16. The summed E-state index contributed by atoms with van der Waals surface area (Å²) in [5, 5.41) is 12.5. The van der Waals surface area contributed by atoms with Crippen LogP contribution in [0.3, 0.4) is 0 Å². The largest absolute Gasteiger partial charge is 0.369 e. The summed E-state index contributed by atoms with van der Waals surface area (Å²) in [5.74, 6) is 0.0156. The topological polar surface area (TPSA) is 120 Å². The smallest absolute Gasteiger partial charge is 0.304 e. The third kappa shape index (κ3) is 5.08. The van der Waals surface area contributed by atoms with Crippen molar-refractivity contribution in [3.05, 3.63) is 16.5 Å². The van der Waals surface area contributed by atoms with Crippen LogP contribution in [0.2, 0.25) is 4.34 Å². The molecule has 0 atom stereocenters. The van der Waals surface area contributed by atoms with E-state index in [0.29, 0.717) is 10.9 Å². The molecule has 0 saturated heterocycles. The summed E-state index contributed by atoms with van der Waals surface area (Å²) in [5.41, 5.74) is 5.28. The van der Waals surface area contributed by atoms with Gasteiger partial charge in [0.25, 0.3) is 0 Å². The third-order valence-electron chi connectivity index (χ3n) is 2.18. The summed E-state index contributed by atoms with van der Waals surface area (Å²) in [6.07, 6.45) is 1.81. The number of hydrazone groups is 1. The van der Waals surface area contributed by atoms with Gasteiger partial charge in [0.05, 0.1) is 10.9 Å². The molecule has 0 spiro atoms. The van der Waals surface area contributed by atoms with Crippen LogP contribution in [0.15, 0.2) is 21.4 Å². The minimum atomic E-state index is -4.05. The fourth-order valence-electron chi connectivity index (χ4n) is 1.28. The molecule has 1 aromatic rings. The lowest BCUT2D eigenvalue weighted by atomic mass is 9.97. The van der Waals surface area contributed by atoms with E-state index in [9.17, 15) is 8.42 Å². The van der Waals surface area contributed by atoms with Crippen molar-refractivity contribution in [2.45, 2.75) is 18.1 Å². The first-order valence-corrected chi connectivity index (χ1v) is 8.04. The molecule has 0 bridgehead atoms. The Labute approximate surface area is 126 Å². The van der Waals surface area contributed by atoms with E-state index < -0.39 is 10.1 Å². The van der Waals surface area contributed by atoms with Crippen molar-refractivity contribution in [2.24, 2.45) is 16.3 Å². The average Bonchev–Trinajstić information content (AvgIpc) is 2.84. The van der Waals surface area contributed by atoms with E-state index in [2.05, 4.69) is 18.9 Å². The molecular weight excluding hydrogens is 324 g/mol. The highest BCUT2D eigenvalue weighted by atomic mass is 35.5. The maximum Gasteiger partial charge on any atom is 0.304 e. The van der Waals surface area contributed by atoms with Gasteiger partial charge in [0, 0.05) is 11.6 Å². The monoisotopic (exact) mass is 338 g/mol. The number of nitrogens with one attached hydrogen (secondary N) is 1. The van der Waals surface area contributed by atoms with Crippen LogP contribution >= 0.6 is 22.9 Å². The van der Waals surface area contributed by atoms with Crippen LogP contribution in [0, 0.1) is 10.8 Å². The summed E-state index contributed by atoms with van der Waals surface area (Å²) in [7, 11) is -4.05. The Morgan fingerprint density at radius 3 is 2.40 bits per heavy atom. The van der Waals surface area contributed by atoms with Crippen molar-refractivity contribution in [2.75, 3.05) is 6.54 Å². The van der Waals surface area contributed by atoms with Gasteiger partial charge < -0.3 is 5.73 Å². The zero-order valence-electron chi connectivity index (χ0n) is 10.9. The van der Waals surface area contributed by atoms with Crippen molar-refractivity contribution in [1.82, 2.24) is 5.01 Å². The van der Waals surface area contributed by atoms with Gasteiger partial charge in [-0.1, -0.05) is 25.4 Å². The summed E-state index contributed by atoms with van der Waals surface area (Å²) in [4.78, 5) is 0. The molecule has 0 saturated carbocycles. The normalized spacial score (nSPS) is 16.7. The second-order valence-electron chi connectivity index (χ2n) is 4.71. The van der Waals surface area contributed by atoms with E-state index in [-0.39, 0.29) is 15.6 Å². The fraction of sp³-hybridized carbons (Fsp3) is 0.400. The van der Waals surface area contributed by atoms with E-state index in [0.717, 1.165) is 11.3 Å². The minimum Gasteiger partial charge on any atom is -0.369 e. The molecule has 0 aliphatic carbocycles. The van der Waals surface area contributed by atoms with Crippen molar-refractivity contribution in [3.63, 3.8) is 0 Å². The summed E-state index contributed by atoms with van der Waals surface area (Å²) >= 11 is 6.23. The molecule has 0 aromatic carbocycles. The van der Waals surface area contributed by atoms with Crippen molar-refractivity contribution in [3.8, 4) is 0 Å². The van der Waals surface area contributed by atoms with Crippen molar-refractivity contribution >= 4 is 45.2 Å². The van der Waals surface area contributed by atoms with Crippen LogP contribution in [0.1, 0.15) is 13.8 Å². The van der Waals surface area contributed by atoms with E-state index in [1.54, 1.807) is 0 Å². The number of guanidine groups is 1. The standard InChI is InChI=1S/C6H12N4.C4H3ClO3S2/c1-6(2)3-9-10(4-6)5(7)8;5-3-1-2-4(9-3)10(6,7)8/h3H,4H2,1-2H3,(H3,7,8);1-2H,(H,6,7,8). The molecule has 112 valence electrons. The van der Waals surface area contributed by atoms with E-state index in [4.69, 9.17) is 27.3 Å². The average molecular weight is 339 g/mol. The highest BCUT2D eigenvalue weighted by molar-refractivity contribution is 7.88. The van der Waals surface area contributed by atoms with Gasteiger partial charge in [-0.2, -0.15) is 13.5 Å². The molecule has 10 heteroatoms. The van der Waals surface area contributed by atoms with Crippen molar-refractivity contribution < 1.29 is 13.0 Å². The predicted octanol–water partition coefficient (Wildman–Crippen LogP) is 1.86. The van der Waals surface area contributed by atoms with Crippen molar-refractivity contribution in [1.29, 1.82) is 5.41 Å². The second-order valence-corrected chi connectivity index (χ2v) is 8.07. The molecule has 7 nitrogen and oxygen atoms in total. The molecule has 0 fully saturated rings. The molecule has 0 unspecified atom stereocenters. The molecule has 2 heterocycles. The van der Waals surface area contributed by atoms with Crippen LogP contribution < -0.4 is 5.73 Å². The zero-order valence-corrected chi connectivity index (χ0v) is 13.3. The number of nitrogens with zero attached hydrogens (tertiary/aromatic N) is 2. The van der Waals surface area contributed by atoms with E-state index >= 15 is 0 Å². The molecule has 4 N–H and O–H groups in total. The highest BCUT2D eigenvalue weighted by Gasteiger charge is 2.25. The van der Waals surface area contributed by atoms with Crippen LogP contribution in [-0.4, -0.2) is 36.7 Å². The zero-order chi connectivity index (χ0) is 15.6. The molecule has 1 aliphatic rings. The number of thiophene rings is 1. The maximum atomic E-state index is 10.4. The maximum absolute atomic E-state index is 10.4. The molecule has 1 aliphatic heterocycles. The van der Waals surface area contributed by atoms with Crippen LogP contribution in [0.5, 0.6) is 0 Å². The van der Waals surface area contributed by atoms with E-state index in [1.807, 2.05) is 6.21 Å². The van der Waals surface area contributed by atoms with Crippen LogP contribution in [-0.2, 0) is 10.1 Å². The second kappa shape index (κ2) is 6.08. The summed E-state index contributed by atoms with van der Waals surface area (Å²) in [6.45, 7) is 4.82. The van der Waals surface area contributed by atoms with Gasteiger partial charge in [0.2, 0.25) is 5.96 Å². The lowest BCUT2D eigenvalue weighted by molar-refractivity contribution is 0.381. The first kappa shape index (κ1) is 16.9. The predicted molar refractivity (Wildman–Crippen MR) is 80.0 cm³/mol. The lowest BCUT2D eigenvalue weighted by Gasteiger charge is -2.16. The van der Waals surface area contributed by atoms with Gasteiger partial charge in [0.15, 0.2) is 0 Å². The quantitative estimate of drug-likeness (QED) is 0.410. The number of rotatable bonds is 1. The van der Waals surface area contributed by atoms with Crippen LogP contribution in [0.25, 0.3) is 0 Å². The van der Waals surface area contributed by atoms with Gasteiger partial charge in [-0.25, -0.2) is 5.01 Å². The SMILES string of the molecule is CC1(C)C=NN(C(=N)N)C1.O=S(=O)(O)c1ccc(Cl)s1. The molecule has 20 heavy (non-hydrogen) atoms. The highest BCUT2D eigenvalue weighted by Crippen LogP contribution is 2.24. The molecule has 1 aromatic heterocycles. The first-order chi connectivity index (χ1) is 9.01. The molecule has 0 radical (unpaired) electrons. The Morgan fingerprint density at radius 1 is 1.60 bits per heavy atom. The number of hydrogen-bond donors (Lipinski definition) is 3. The van der Waals surface area contributed by atoms with Gasteiger partial charge in [-0.3, -0.25) is 9.96 Å². The van der Waals surface area contributed by atoms with Crippen LogP contribution in [0.4, 0.5) is 0 Å². The Kier molecular flexibility index (Phi) is 5.14. The van der Waals surface area contributed by atoms with Gasteiger partial charge in [0.1, 0.15) is 4.21 Å². The van der Waals surface area contributed by atoms with Gasteiger partial charge >= 0.3 is 10.1 Å². The Bertz CT molecular complexity index is 624. The fourth-order valence-corrected chi connectivity index (χ4v) is 3.12. The number of hydrogen-bond acceptors (Lipinski definition) is 5. The number of halogens is 1. The van der Waals surface area contributed by atoms with Gasteiger partial charge in [-0.15, -0.1) is 11.3 Å².